The van der Waals surface area contributed by atoms with E-state index in [0.29, 0.717) is 39.5 Å². The van der Waals surface area contributed by atoms with Gasteiger partial charge in [-0.15, -0.1) is 11.3 Å². The van der Waals surface area contributed by atoms with Crippen LogP contribution >= 0.6 is 34.5 Å². The van der Waals surface area contributed by atoms with Crippen molar-refractivity contribution in [2.24, 2.45) is 0 Å². The van der Waals surface area contributed by atoms with Crippen LogP contribution in [0.2, 0.25) is 10.0 Å². The Morgan fingerprint density at radius 1 is 1.10 bits per heavy atom. The Labute approximate surface area is 183 Å². The normalized spacial score (nSPS) is 14.1. The predicted octanol–water partition coefficient (Wildman–Crippen LogP) is 5.13. The highest BCUT2D eigenvalue weighted by Gasteiger charge is 2.17. The number of benzene rings is 2. The Morgan fingerprint density at radius 3 is 2.59 bits per heavy atom. The zero-order chi connectivity index (χ0) is 20.2. The second kappa shape index (κ2) is 9.13. The summed E-state index contributed by atoms with van der Waals surface area (Å²) in [6.45, 7) is 2.99. The third-order valence-corrected chi connectivity index (χ3v) is 6.14. The Balaban J connectivity index is 1.47. The maximum Gasteiger partial charge on any atom is 0.230 e. The summed E-state index contributed by atoms with van der Waals surface area (Å²) in [5.74, 6) is -0.118. The van der Waals surface area contributed by atoms with Gasteiger partial charge in [-0.2, -0.15) is 0 Å². The van der Waals surface area contributed by atoms with Crippen molar-refractivity contribution < 1.29 is 9.53 Å². The molecule has 1 N–H and O–H groups in total. The number of hydrogen-bond donors (Lipinski definition) is 1. The molecule has 0 radical (unpaired) electrons. The minimum absolute atomic E-state index is 0.118. The molecule has 150 valence electrons. The predicted molar refractivity (Wildman–Crippen MR) is 119 cm³/mol. The topological polar surface area (TPSA) is 54.5 Å². The average Bonchev–Trinajstić information content (AvgIpc) is 3.16. The highest BCUT2D eigenvalue weighted by molar-refractivity contribution is 7.13. The first-order valence-corrected chi connectivity index (χ1v) is 10.9. The van der Waals surface area contributed by atoms with Crippen LogP contribution in [0.1, 0.15) is 5.69 Å². The number of carbonyl (C=O) groups excluding carboxylic acids is 1. The maximum atomic E-state index is 12.7. The summed E-state index contributed by atoms with van der Waals surface area (Å²) in [5.41, 5.74) is 3.18. The van der Waals surface area contributed by atoms with E-state index in [1.165, 1.54) is 11.3 Å². The van der Waals surface area contributed by atoms with Gasteiger partial charge < -0.3 is 15.0 Å². The van der Waals surface area contributed by atoms with E-state index in [-0.39, 0.29) is 12.3 Å². The van der Waals surface area contributed by atoms with Gasteiger partial charge in [-0.1, -0.05) is 41.4 Å². The first-order valence-electron chi connectivity index (χ1n) is 9.22. The number of nitrogens with zero attached hydrogens (tertiary/aromatic N) is 2. The number of para-hydroxylation sites is 2. The van der Waals surface area contributed by atoms with E-state index in [2.05, 4.69) is 15.2 Å². The number of carbonyl (C=O) groups is 1. The van der Waals surface area contributed by atoms with Crippen LogP contribution in [0.3, 0.4) is 0 Å². The van der Waals surface area contributed by atoms with E-state index < -0.39 is 0 Å². The third kappa shape index (κ3) is 4.73. The Morgan fingerprint density at radius 2 is 1.83 bits per heavy atom. The standard InChI is InChI=1S/C21H19Cl2N3O2S/c22-15-4-3-5-16(23)20(15)21-24-14(13-29-21)12-19(27)25-17-6-1-2-7-18(17)26-8-10-28-11-9-26/h1-7,13H,8-12H2,(H,25,27). The molecule has 3 aromatic rings. The molecule has 1 aromatic heterocycles. The number of halogens is 2. The molecule has 1 amide bonds. The number of anilines is 2. The van der Waals surface area contributed by atoms with Crippen LogP contribution in [0, 0.1) is 0 Å². The molecule has 0 atom stereocenters. The van der Waals surface area contributed by atoms with Crippen molar-refractivity contribution in [2.45, 2.75) is 6.42 Å². The summed E-state index contributed by atoms with van der Waals surface area (Å²) in [6.07, 6.45) is 0.177. The fourth-order valence-electron chi connectivity index (χ4n) is 3.22. The second-order valence-electron chi connectivity index (χ2n) is 6.58. The van der Waals surface area contributed by atoms with Gasteiger partial charge in [-0.25, -0.2) is 4.98 Å². The van der Waals surface area contributed by atoms with Crippen molar-refractivity contribution in [3.8, 4) is 10.6 Å². The molecule has 0 saturated carbocycles. The van der Waals surface area contributed by atoms with Crippen LogP contribution in [0.5, 0.6) is 0 Å². The van der Waals surface area contributed by atoms with Gasteiger partial charge in [0.2, 0.25) is 5.91 Å². The minimum atomic E-state index is -0.118. The number of hydrogen-bond acceptors (Lipinski definition) is 5. The van der Waals surface area contributed by atoms with Gasteiger partial charge in [0, 0.05) is 24.0 Å². The van der Waals surface area contributed by atoms with Gasteiger partial charge in [0.1, 0.15) is 5.01 Å². The lowest BCUT2D eigenvalue weighted by Crippen LogP contribution is -2.36. The molecule has 0 aliphatic carbocycles. The molecule has 2 heterocycles. The van der Waals surface area contributed by atoms with Crippen molar-refractivity contribution in [3.05, 3.63) is 63.6 Å². The van der Waals surface area contributed by atoms with E-state index in [0.717, 1.165) is 24.5 Å². The van der Waals surface area contributed by atoms with Crippen LogP contribution in [0.25, 0.3) is 10.6 Å². The van der Waals surface area contributed by atoms with Crippen molar-refractivity contribution in [2.75, 3.05) is 36.5 Å². The van der Waals surface area contributed by atoms with E-state index in [1.807, 2.05) is 29.6 Å². The number of rotatable bonds is 5. The van der Waals surface area contributed by atoms with Crippen molar-refractivity contribution >= 4 is 51.8 Å². The van der Waals surface area contributed by atoms with Gasteiger partial charge in [-0.05, 0) is 24.3 Å². The molecule has 5 nitrogen and oxygen atoms in total. The lowest BCUT2D eigenvalue weighted by Gasteiger charge is -2.30. The molecule has 8 heteroatoms. The third-order valence-electron chi connectivity index (χ3n) is 4.60. The highest BCUT2D eigenvalue weighted by Crippen LogP contribution is 2.36. The van der Waals surface area contributed by atoms with Crippen LogP contribution in [0.15, 0.2) is 47.8 Å². The Hall–Kier alpha value is -2.12. The number of aromatic nitrogens is 1. The summed E-state index contributed by atoms with van der Waals surface area (Å²) < 4.78 is 5.42. The molecule has 1 aliphatic heterocycles. The summed E-state index contributed by atoms with van der Waals surface area (Å²) >= 11 is 14.0. The summed E-state index contributed by atoms with van der Waals surface area (Å²) in [4.78, 5) is 19.4. The van der Waals surface area contributed by atoms with E-state index in [9.17, 15) is 4.79 Å². The van der Waals surface area contributed by atoms with Crippen molar-refractivity contribution in [1.29, 1.82) is 0 Å². The average molecular weight is 448 g/mol. The largest absolute Gasteiger partial charge is 0.378 e. The van der Waals surface area contributed by atoms with Crippen molar-refractivity contribution in [3.63, 3.8) is 0 Å². The first-order chi connectivity index (χ1) is 14.1. The molecule has 0 spiro atoms. The van der Waals surface area contributed by atoms with Crippen LogP contribution in [0.4, 0.5) is 11.4 Å². The van der Waals surface area contributed by atoms with Crippen LogP contribution in [-0.2, 0) is 16.0 Å². The quantitative estimate of drug-likeness (QED) is 0.588. The van der Waals surface area contributed by atoms with E-state index in [1.54, 1.807) is 18.2 Å². The maximum absolute atomic E-state index is 12.7. The van der Waals surface area contributed by atoms with Crippen molar-refractivity contribution in [1.82, 2.24) is 4.98 Å². The highest BCUT2D eigenvalue weighted by atomic mass is 35.5. The summed E-state index contributed by atoms with van der Waals surface area (Å²) in [5, 5.41) is 6.68. The number of thiazole rings is 1. The van der Waals surface area contributed by atoms with Crippen LogP contribution in [-0.4, -0.2) is 37.2 Å². The van der Waals surface area contributed by atoms with Gasteiger partial charge in [0.25, 0.3) is 0 Å². The van der Waals surface area contributed by atoms with Gasteiger partial charge in [-0.3, -0.25) is 4.79 Å². The molecule has 4 rings (SSSR count). The zero-order valence-corrected chi connectivity index (χ0v) is 17.9. The smallest absolute Gasteiger partial charge is 0.230 e. The fraction of sp³-hybridized carbons (Fsp3) is 0.238. The second-order valence-corrected chi connectivity index (χ2v) is 8.25. The summed E-state index contributed by atoms with van der Waals surface area (Å²) in [7, 11) is 0. The SMILES string of the molecule is O=C(Cc1csc(-c2c(Cl)cccc2Cl)n1)Nc1ccccc1N1CCOCC1. The Kier molecular flexibility index (Phi) is 6.35. The lowest BCUT2D eigenvalue weighted by atomic mass is 10.2. The first kappa shape index (κ1) is 20.2. The molecule has 0 bridgehead atoms. The Bertz CT molecular complexity index is 998. The molecule has 1 aliphatic rings. The number of amides is 1. The number of morpholine rings is 1. The lowest BCUT2D eigenvalue weighted by molar-refractivity contribution is -0.115. The molecule has 29 heavy (non-hydrogen) atoms. The van der Waals surface area contributed by atoms with E-state index in [4.69, 9.17) is 27.9 Å². The molecular formula is C21H19Cl2N3O2S. The molecule has 0 unspecified atom stereocenters. The summed E-state index contributed by atoms with van der Waals surface area (Å²) in [6, 6.07) is 13.2. The fourth-order valence-corrected chi connectivity index (χ4v) is 4.80. The van der Waals surface area contributed by atoms with Gasteiger partial charge >= 0.3 is 0 Å². The monoisotopic (exact) mass is 447 g/mol. The molecular weight excluding hydrogens is 429 g/mol. The molecule has 2 aromatic carbocycles. The van der Waals surface area contributed by atoms with E-state index >= 15 is 0 Å². The van der Waals surface area contributed by atoms with Crippen LogP contribution < -0.4 is 10.2 Å². The number of nitrogens with one attached hydrogen (secondary N) is 1. The zero-order valence-electron chi connectivity index (χ0n) is 15.5. The van der Waals surface area contributed by atoms with Gasteiger partial charge in [0.15, 0.2) is 0 Å². The minimum Gasteiger partial charge on any atom is -0.378 e. The van der Waals surface area contributed by atoms with Gasteiger partial charge in [0.05, 0.1) is 46.7 Å². The number of ether oxygens (including phenoxy) is 1. The molecule has 1 saturated heterocycles. The molecule has 1 fully saturated rings.